The van der Waals surface area contributed by atoms with Gasteiger partial charge in [0, 0.05) is 0 Å². The van der Waals surface area contributed by atoms with Crippen molar-refractivity contribution < 1.29 is 29.7 Å². The normalized spacial score (nSPS) is 20.3. The van der Waals surface area contributed by atoms with Crippen molar-refractivity contribution in [3.8, 4) is 0 Å². The fourth-order valence-electron chi connectivity index (χ4n) is 2.11. The second kappa shape index (κ2) is 8.39. The van der Waals surface area contributed by atoms with Crippen LogP contribution < -0.4 is 0 Å². The molecular formula is C9H15Cl3O6. The topological polar surface area (TPSA) is 112 Å². The molecule has 1 unspecified atom stereocenters. The van der Waals surface area contributed by atoms with E-state index in [0.29, 0.717) is 12.8 Å². The molecule has 0 aromatic carbocycles. The number of hydrogen-bond acceptors (Lipinski definition) is 3. The SMILES string of the molecule is Cl.Cl.Cl.O=C(O)C1CCCCC1(C(=O)O)C(=O)O. The van der Waals surface area contributed by atoms with E-state index in [1.807, 2.05) is 0 Å². The quantitative estimate of drug-likeness (QED) is 0.681. The van der Waals surface area contributed by atoms with E-state index in [1.54, 1.807) is 0 Å². The van der Waals surface area contributed by atoms with Crippen LogP contribution in [-0.4, -0.2) is 33.2 Å². The zero-order valence-electron chi connectivity index (χ0n) is 9.20. The molecule has 1 rings (SSSR count). The molecule has 0 radical (unpaired) electrons. The van der Waals surface area contributed by atoms with Gasteiger partial charge in [-0.05, 0) is 12.8 Å². The van der Waals surface area contributed by atoms with E-state index >= 15 is 0 Å². The van der Waals surface area contributed by atoms with Gasteiger partial charge in [-0.3, -0.25) is 14.4 Å². The van der Waals surface area contributed by atoms with Crippen LogP contribution in [0.4, 0.5) is 0 Å². The summed E-state index contributed by atoms with van der Waals surface area (Å²) in [4.78, 5) is 32.8. The Balaban J connectivity index is -0.000000750. The van der Waals surface area contributed by atoms with Gasteiger partial charge >= 0.3 is 17.9 Å². The average Bonchev–Trinajstić information content (AvgIpc) is 2.16. The standard InChI is InChI=1S/C9H12O6.3ClH/c10-6(11)5-3-1-2-4-9(5,7(12)13)8(14)15;;;/h5H,1-4H2,(H,10,11)(H,12,13)(H,14,15);3*1H. The number of aliphatic carboxylic acids is 3. The van der Waals surface area contributed by atoms with E-state index in [-0.39, 0.29) is 50.1 Å². The van der Waals surface area contributed by atoms with E-state index in [1.165, 1.54) is 0 Å². The van der Waals surface area contributed by atoms with Crippen molar-refractivity contribution >= 4 is 55.1 Å². The van der Waals surface area contributed by atoms with Gasteiger partial charge in [0.15, 0.2) is 5.41 Å². The lowest BCUT2D eigenvalue weighted by molar-refractivity contribution is -0.179. The Bertz CT molecular complexity index is 305. The third-order valence-corrected chi connectivity index (χ3v) is 2.97. The first-order valence-corrected chi connectivity index (χ1v) is 4.62. The molecule has 1 aliphatic carbocycles. The summed E-state index contributed by atoms with van der Waals surface area (Å²) < 4.78 is 0. The van der Waals surface area contributed by atoms with E-state index < -0.39 is 29.2 Å². The summed E-state index contributed by atoms with van der Waals surface area (Å²) in [6.07, 6.45) is 0.976. The molecule has 108 valence electrons. The molecule has 0 spiro atoms. The second-order valence-corrected chi connectivity index (χ2v) is 3.72. The highest BCUT2D eigenvalue weighted by Crippen LogP contribution is 2.42. The van der Waals surface area contributed by atoms with Gasteiger partial charge in [-0.25, -0.2) is 0 Å². The largest absolute Gasteiger partial charge is 0.481 e. The summed E-state index contributed by atoms with van der Waals surface area (Å²) in [5.74, 6) is -5.79. The molecule has 0 amide bonds. The predicted octanol–water partition coefficient (Wildman–Crippen LogP) is 1.68. The highest BCUT2D eigenvalue weighted by atomic mass is 35.5. The van der Waals surface area contributed by atoms with Gasteiger partial charge in [0.1, 0.15) is 0 Å². The average molecular weight is 326 g/mol. The third kappa shape index (κ3) is 3.63. The maximum atomic E-state index is 11.0. The summed E-state index contributed by atoms with van der Waals surface area (Å²) in [5, 5.41) is 26.7. The number of carboxylic acids is 3. The summed E-state index contributed by atoms with van der Waals surface area (Å²) >= 11 is 0. The second-order valence-electron chi connectivity index (χ2n) is 3.72. The van der Waals surface area contributed by atoms with Crippen LogP contribution in [0.3, 0.4) is 0 Å². The van der Waals surface area contributed by atoms with E-state index in [4.69, 9.17) is 15.3 Å². The molecule has 0 aliphatic heterocycles. The zero-order valence-corrected chi connectivity index (χ0v) is 11.6. The lowest BCUT2D eigenvalue weighted by Crippen LogP contribution is -2.50. The Morgan fingerprint density at radius 1 is 0.889 bits per heavy atom. The Morgan fingerprint density at radius 2 is 1.33 bits per heavy atom. The molecule has 9 heteroatoms. The minimum absolute atomic E-state index is 0. The molecule has 1 aliphatic rings. The van der Waals surface area contributed by atoms with Crippen LogP contribution in [0.5, 0.6) is 0 Å². The molecule has 0 aromatic rings. The number of carbonyl (C=O) groups is 3. The Morgan fingerprint density at radius 3 is 1.61 bits per heavy atom. The maximum absolute atomic E-state index is 11.0. The van der Waals surface area contributed by atoms with Crippen molar-refractivity contribution in [1.82, 2.24) is 0 Å². The molecule has 1 fully saturated rings. The fourth-order valence-corrected chi connectivity index (χ4v) is 2.11. The molecule has 18 heavy (non-hydrogen) atoms. The van der Waals surface area contributed by atoms with Crippen molar-refractivity contribution in [1.29, 1.82) is 0 Å². The lowest BCUT2D eigenvalue weighted by atomic mass is 9.66. The van der Waals surface area contributed by atoms with Gasteiger partial charge in [0.2, 0.25) is 0 Å². The molecule has 0 bridgehead atoms. The van der Waals surface area contributed by atoms with E-state index in [9.17, 15) is 14.4 Å². The molecule has 0 aromatic heterocycles. The van der Waals surface area contributed by atoms with Crippen molar-refractivity contribution in [2.75, 3.05) is 0 Å². The van der Waals surface area contributed by atoms with Crippen LogP contribution in [0, 0.1) is 11.3 Å². The molecule has 0 heterocycles. The number of rotatable bonds is 3. The van der Waals surface area contributed by atoms with Gasteiger partial charge in [0.25, 0.3) is 0 Å². The first kappa shape index (κ1) is 22.5. The first-order chi connectivity index (χ1) is 6.93. The van der Waals surface area contributed by atoms with Gasteiger partial charge in [-0.1, -0.05) is 12.8 Å². The van der Waals surface area contributed by atoms with E-state index in [2.05, 4.69) is 0 Å². The minimum atomic E-state index is -2.15. The van der Waals surface area contributed by atoms with Gasteiger partial charge in [-0.15, -0.1) is 37.2 Å². The van der Waals surface area contributed by atoms with Crippen LogP contribution in [0.25, 0.3) is 0 Å². The van der Waals surface area contributed by atoms with Crippen LogP contribution in [0.1, 0.15) is 25.7 Å². The molecule has 1 atom stereocenters. The molecule has 6 nitrogen and oxygen atoms in total. The Labute approximate surface area is 122 Å². The number of halogens is 3. The zero-order chi connectivity index (χ0) is 11.6. The summed E-state index contributed by atoms with van der Waals surface area (Å²) in [6.45, 7) is 0. The van der Waals surface area contributed by atoms with Crippen molar-refractivity contribution in [2.24, 2.45) is 11.3 Å². The van der Waals surface area contributed by atoms with Crippen LogP contribution >= 0.6 is 37.2 Å². The lowest BCUT2D eigenvalue weighted by Gasteiger charge is -2.34. The van der Waals surface area contributed by atoms with Gasteiger partial charge < -0.3 is 15.3 Å². The summed E-state index contributed by atoms with van der Waals surface area (Å²) in [7, 11) is 0. The highest BCUT2D eigenvalue weighted by Gasteiger charge is 2.56. The van der Waals surface area contributed by atoms with Crippen LogP contribution in [0.15, 0.2) is 0 Å². The maximum Gasteiger partial charge on any atom is 0.321 e. The van der Waals surface area contributed by atoms with Gasteiger partial charge in [-0.2, -0.15) is 0 Å². The summed E-state index contributed by atoms with van der Waals surface area (Å²) in [5.41, 5.74) is -2.15. The highest BCUT2D eigenvalue weighted by molar-refractivity contribution is 6.02. The van der Waals surface area contributed by atoms with Crippen molar-refractivity contribution in [3.05, 3.63) is 0 Å². The first-order valence-electron chi connectivity index (χ1n) is 4.62. The molecular weight excluding hydrogens is 310 g/mol. The fraction of sp³-hybridized carbons (Fsp3) is 0.667. The summed E-state index contributed by atoms with van der Waals surface area (Å²) in [6, 6.07) is 0. The molecule has 3 N–H and O–H groups in total. The number of hydrogen-bond donors (Lipinski definition) is 3. The van der Waals surface area contributed by atoms with E-state index in [0.717, 1.165) is 0 Å². The Hall–Kier alpha value is -0.720. The molecule has 0 saturated heterocycles. The number of carboxylic acid groups (broad SMARTS) is 3. The minimum Gasteiger partial charge on any atom is -0.481 e. The Kier molecular flexibility index (Phi) is 10.5. The monoisotopic (exact) mass is 324 g/mol. The molecule has 1 saturated carbocycles. The van der Waals surface area contributed by atoms with Crippen LogP contribution in [0.2, 0.25) is 0 Å². The van der Waals surface area contributed by atoms with Gasteiger partial charge in [0.05, 0.1) is 5.92 Å². The van der Waals surface area contributed by atoms with Crippen molar-refractivity contribution in [2.45, 2.75) is 25.7 Å². The smallest absolute Gasteiger partial charge is 0.321 e. The predicted molar refractivity (Wildman–Crippen MR) is 69.0 cm³/mol. The van der Waals surface area contributed by atoms with Crippen molar-refractivity contribution in [3.63, 3.8) is 0 Å². The van der Waals surface area contributed by atoms with Crippen LogP contribution in [-0.2, 0) is 14.4 Å². The third-order valence-electron chi connectivity index (χ3n) is 2.97.